The van der Waals surface area contributed by atoms with E-state index in [1.165, 1.54) is 0 Å². The number of carbonyl (C=O) groups is 2. The van der Waals surface area contributed by atoms with Crippen molar-refractivity contribution in [2.24, 2.45) is 52.3 Å². The van der Waals surface area contributed by atoms with Gasteiger partial charge in [-0.15, -0.1) is 0 Å². The number of rotatable bonds is 12. The largest absolute Gasteiger partial charge is 0.481 e. The molecule has 0 spiro atoms. The maximum absolute atomic E-state index is 13.4. The van der Waals surface area contributed by atoms with Crippen molar-refractivity contribution < 1.29 is 19.8 Å². The highest BCUT2D eigenvalue weighted by atomic mass is 16.4. The van der Waals surface area contributed by atoms with Gasteiger partial charge in [-0.1, -0.05) is 74.5 Å². The van der Waals surface area contributed by atoms with Gasteiger partial charge >= 0.3 is 11.9 Å². The summed E-state index contributed by atoms with van der Waals surface area (Å²) in [5.41, 5.74) is -2.63. The molecule has 31 heavy (non-hydrogen) atoms. The van der Waals surface area contributed by atoms with Gasteiger partial charge in [0.05, 0.1) is 10.8 Å². The summed E-state index contributed by atoms with van der Waals surface area (Å²) in [4.78, 5) is 26.7. The molecule has 0 aliphatic heterocycles. The van der Waals surface area contributed by atoms with Gasteiger partial charge in [0.25, 0.3) is 0 Å². The number of hydrogen-bond donors (Lipinski definition) is 2. The maximum Gasteiger partial charge on any atom is 0.311 e. The molecule has 2 N–H and O–H groups in total. The molecule has 0 bridgehead atoms. The Balaban J connectivity index is 3.98. The second kappa shape index (κ2) is 11.0. The molecule has 0 aromatic carbocycles. The quantitative estimate of drug-likeness (QED) is 0.319. The van der Waals surface area contributed by atoms with E-state index in [2.05, 4.69) is 55.4 Å². The van der Waals surface area contributed by atoms with Crippen molar-refractivity contribution in [1.82, 2.24) is 0 Å². The molecule has 0 radical (unpaired) electrons. The molecule has 0 heterocycles. The highest BCUT2D eigenvalue weighted by Crippen LogP contribution is 2.63. The van der Waals surface area contributed by atoms with Crippen LogP contribution in [0.3, 0.4) is 0 Å². The summed E-state index contributed by atoms with van der Waals surface area (Å²) in [7, 11) is 0. The molecule has 180 valence electrons. The molecule has 1 aliphatic rings. The zero-order chi connectivity index (χ0) is 24.1. The molecule has 0 amide bonds. The van der Waals surface area contributed by atoms with Crippen molar-refractivity contribution in [1.29, 1.82) is 0 Å². The van der Waals surface area contributed by atoms with E-state index in [0.717, 1.165) is 25.7 Å². The van der Waals surface area contributed by atoms with E-state index < -0.39 is 22.8 Å². The Morgan fingerprint density at radius 3 is 1.48 bits per heavy atom. The Bertz CT molecular complexity index is 613. The Morgan fingerprint density at radius 1 is 0.774 bits per heavy atom. The number of allylic oxidation sites excluding steroid dienone is 2. The fraction of sp³-hybridized carbons (Fsp3) is 0.852. The van der Waals surface area contributed by atoms with E-state index in [-0.39, 0.29) is 17.8 Å². The zero-order valence-electron chi connectivity index (χ0n) is 21.4. The zero-order valence-corrected chi connectivity index (χ0v) is 21.4. The first-order valence-corrected chi connectivity index (χ1v) is 12.4. The smallest absolute Gasteiger partial charge is 0.311 e. The minimum atomic E-state index is -1.32. The van der Waals surface area contributed by atoms with Crippen LogP contribution in [0.2, 0.25) is 0 Å². The van der Waals surface area contributed by atoms with Crippen LogP contribution in [0.5, 0.6) is 0 Å². The van der Waals surface area contributed by atoms with E-state index in [4.69, 9.17) is 0 Å². The van der Waals surface area contributed by atoms with Gasteiger partial charge in [0.15, 0.2) is 0 Å². The van der Waals surface area contributed by atoms with E-state index in [0.29, 0.717) is 30.1 Å². The standard InChI is InChI=1S/C27H48O4/c1-17(2)13-22(14-18(3)4)26(24(28)29)12-10-11-21(9)27(26,25(30)31)23(15-19(5)6)16-20(7)8/h10-11,17-23H,12-16H2,1-9H3,(H,28,29)(H,30,31). The van der Waals surface area contributed by atoms with Gasteiger partial charge in [-0.2, -0.15) is 0 Å². The third kappa shape index (κ3) is 5.54. The van der Waals surface area contributed by atoms with Crippen molar-refractivity contribution in [2.75, 3.05) is 0 Å². The third-order valence-electron chi connectivity index (χ3n) is 7.42. The summed E-state index contributed by atoms with van der Waals surface area (Å²) in [5.74, 6) is -1.33. The second-order valence-electron chi connectivity index (χ2n) is 11.8. The number of hydrogen-bond acceptors (Lipinski definition) is 2. The monoisotopic (exact) mass is 436 g/mol. The molecule has 0 aromatic rings. The predicted molar refractivity (Wildman–Crippen MR) is 128 cm³/mol. The summed E-state index contributed by atoms with van der Waals surface area (Å²) >= 11 is 0. The van der Waals surface area contributed by atoms with Gasteiger partial charge in [-0.25, -0.2) is 0 Å². The molecular weight excluding hydrogens is 388 g/mol. The van der Waals surface area contributed by atoms with Crippen molar-refractivity contribution in [2.45, 2.75) is 94.4 Å². The van der Waals surface area contributed by atoms with Crippen molar-refractivity contribution in [3.8, 4) is 0 Å². The van der Waals surface area contributed by atoms with Crippen LogP contribution in [0.1, 0.15) is 94.4 Å². The molecule has 0 saturated carbocycles. The molecular formula is C27H48O4. The van der Waals surface area contributed by atoms with Gasteiger partial charge in [0.2, 0.25) is 0 Å². The molecule has 1 rings (SSSR count). The van der Waals surface area contributed by atoms with Crippen molar-refractivity contribution in [3.63, 3.8) is 0 Å². The van der Waals surface area contributed by atoms with Crippen LogP contribution in [0.15, 0.2) is 12.2 Å². The highest BCUT2D eigenvalue weighted by molar-refractivity contribution is 5.88. The van der Waals surface area contributed by atoms with Crippen LogP contribution >= 0.6 is 0 Å². The normalized spacial score (nSPS) is 26.7. The Kier molecular flexibility index (Phi) is 9.84. The number of carboxylic acids is 2. The summed E-state index contributed by atoms with van der Waals surface area (Å²) in [6, 6.07) is 0. The minimum Gasteiger partial charge on any atom is -0.481 e. The SMILES string of the molecule is CC(C)CC(CC(C)C)C1(C(=O)O)CC=CC(C)C1(C(=O)O)C(CC(C)C)CC(C)C. The van der Waals surface area contributed by atoms with E-state index >= 15 is 0 Å². The summed E-state index contributed by atoms with van der Waals surface area (Å²) in [6.45, 7) is 18.9. The first kappa shape index (κ1) is 27.7. The molecule has 3 unspecified atom stereocenters. The van der Waals surface area contributed by atoms with Gasteiger partial charge in [0, 0.05) is 0 Å². The lowest BCUT2D eigenvalue weighted by Gasteiger charge is -2.58. The van der Waals surface area contributed by atoms with Gasteiger partial charge < -0.3 is 10.2 Å². The van der Waals surface area contributed by atoms with Crippen molar-refractivity contribution in [3.05, 3.63) is 12.2 Å². The van der Waals surface area contributed by atoms with Crippen LogP contribution in [-0.2, 0) is 9.59 Å². The lowest BCUT2D eigenvalue weighted by molar-refractivity contribution is -0.200. The Morgan fingerprint density at radius 2 is 1.16 bits per heavy atom. The Labute approximate surface area is 190 Å². The molecule has 0 saturated heterocycles. The van der Waals surface area contributed by atoms with E-state index in [9.17, 15) is 19.8 Å². The number of carboxylic acid groups (broad SMARTS) is 2. The van der Waals surface area contributed by atoms with E-state index in [1.807, 2.05) is 19.1 Å². The topological polar surface area (TPSA) is 74.6 Å². The maximum atomic E-state index is 13.4. The summed E-state index contributed by atoms with van der Waals surface area (Å²) in [6.07, 6.45) is 7.16. The summed E-state index contributed by atoms with van der Waals surface area (Å²) < 4.78 is 0. The van der Waals surface area contributed by atoms with Gasteiger partial charge in [-0.3, -0.25) is 9.59 Å². The second-order valence-corrected chi connectivity index (χ2v) is 11.8. The first-order chi connectivity index (χ1) is 14.2. The minimum absolute atomic E-state index is 0.185. The van der Waals surface area contributed by atoms with E-state index in [1.54, 1.807) is 0 Å². The van der Waals surface area contributed by atoms with Crippen LogP contribution in [-0.4, -0.2) is 22.2 Å². The highest BCUT2D eigenvalue weighted by Gasteiger charge is 2.69. The van der Waals surface area contributed by atoms with Gasteiger partial charge in [-0.05, 0) is 73.5 Å². The first-order valence-electron chi connectivity index (χ1n) is 12.4. The molecule has 4 heteroatoms. The fourth-order valence-electron chi connectivity index (χ4n) is 6.67. The van der Waals surface area contributed by atoms with Crippen LogP contribution in [0, 0.1) is 52.3 Å². The molecule has 0 fully saturated rings. The molecule has 3 atom stereocenters. The lowest BCUT2D eigenvalue weighted by atomic mass is 9.42. The Hall–Kier alpha value is -1.32. The average molecular weight is 437 g/mol. The summed E-state index contributed by atoms with van der Waals surface area (Å²) in [5, 5.41) is 21.9. The predicted octanol–water partition coefficient (Wildman–Crippen LogP) is 7.14. The lowest BCUT2D eigenvalue weighted by Crippen LogP contribution is -2.64. The number of aliphatic carboxylic acids is 2. The van der Waals surface area contributed by atoms with Crippen LogP contribution < -0.4 is 0 Å². The molecule has 1 aliphatic carbocycles. The average Bonchev–Trinajstić information content (AvgIpc) is 2.57. The van der Waals surface area contributed by atoms with Crippen LogP contribution in [0.25, 0.3) is 0 Å². The fourth-order valence-corrected chi connectivity index (χ4v) is 6.67. The van der Waals surface area contributed by atoms with Gasteiger partial charge in [0.1, 0.15) is 0 Å². The third-order valence-corrected chi connectivity index (χ3v) is 7.42. The van der Waals surface area contributed by atoms with Crippen LogP contribution in [0.4, 0.5) is 0 Å². The molecule has 4 nitrogen and oxygen atoms in total. The molecule has 0 aromatic heterocycles. The van der Waals surface area contributed by atoms with Crippen molar-refractivity contribution >= 4 is 11.9 Å².